The Hall–Kier alpha value is -2.99. The third kappa shape index (κ3) is 3.36. The van der Waals surface area contributed by atoms with Gasteiger partial charge in [0.25, 0.3) is 11.8 Å². The molecule has 0 bridgehead atoms. The minimum atomic E-state index is -0.625. The number of hydrogen-bond acceptors (Lipinski definition) is 5. The van der Waals surface area contributed by atoms with Gasteiger partial charge in [-0.05, 0) is 37.6 Å². The molecule has 140 valence electrons. The lowest BCUT2D eigenvalue weighted by molar-refractivity contribution is -0.120. The summed E-state index contributed by atoms with van der Waals surface area (Å²) in [6.07, 6.45) is 0. The van der Waals surface area contributed by atoms with E-state index in [0.717, 1.165) is 16.0 Å². The van der Waals surface area contributed by atoms with Crippen molar-refractivity contribution >= 4 is 34.8 Å². The Kier molecular flexibility index (Phi) is 5.10. The lowest BCUT2D eigenvalue weighted by atomic mass is 10.1. The van der Waals surface area contributed by atoms with Crippen LogP contribution in [-0.2, 0) is 9.59 Å². The van der Waals surface area contributed by atoms with Gasteiger partial charge in [0.05, 0.1) is 19.9 Å². The smallest absolute Gasteiger partial charge is 0.283 e. The fourth-order valence-electron chi connectivity index (χ4n) is 2.89. The summed E-state index contributed by atoms with van der Waals surface area (Å²) in [5.41, 5.74) is 3.02. The first-order valence-electron chi connectivity index (χ1n) is 8.22. The Labute approximate surface area is 162 Å². The summed E-state index contributed by atoms with van der Waals surface area (Å²) < 4.78 is 10.5. The third-order valence-electron chi connectivity index (χ3n) is 4.30. The zero-order valence-corrected chi connectivity index (χ0v) is 16.2. The van der Waals surface area contributed by atoms with E-state index in [0.29, 0.717) is 17.2 Å². The van der Waals surface area contributed by atoms with Crippen molar-refractivity contribution in [2.75, 3.05) is 24.4 Å². The van der Waals surface area contributed by atoms with Gasteiger partial charge in [-0.2, -0.15) is 0 Å². The molecule has 0 atom stereocenters. The number of anilines is 2. The maximum Gasteiger partial charge on any atom is 0.283 e. The van der Waals surface area contributed by atoms with Crippen LogP contribution in [0.15, 0.2) is 47.1 Å². The average molecular weight is 387 g/mol. The summed E-state index contributed by atoms with van der Waals surface area (Å²) in [4.78, 5) is 26.7. The van der Waals surface area contributed by atoms with Crippen LogP contribution in [0.3, 0.4) is 0 Å². The van der Waals surface area contributed by atoms with Gasteiger partial charge < -0.3 is 14.8 Å². The SMILES string of the molecule is COc1ccc(OC)c(N2C(=O)C(Cl)=C(Nc3ccc(C)cc3C)C2=O)c1. The number of nitrogens with one attached hydrogen (secondary N) is 1. The Morgan fingerprint density at radius 2 is 1.70 bits per heavy atom. The quantitative estimate of drug-likeness (QED) is 0.792. The number of rotatable bonds is 5. The van der Waals surface area contributed by atoms with E-state index in [1.807, 2.05) is 32.0 Å². The average Bonchev–Trinajstić information content (AvgIpc) is 2.86. The standard InChI is InChI=1S/C20H19ClN2O4/c1-11-5-7-14(12(2)9-11)22-18-17(21)19(24)23(20(18)25)15-10-13(26-3)6-8-16(15)27-4/h5-10,22H,1-4H3. The summed E-state index contributed by atoms with van der Waals surface area (Å²) in [5, 5.41) is 2.82. The first kappa shape index (κ1) is 18.8. The first-order chi connectivity index (χ1) is 12.9. The van der Waals surface area contributed by atoms with E-state index in [9.17, 15) is 9.59 Å². The maximum absolute atomic E-state index is 13.0. The lowest BCUT2D eigenvalue weighted by Crippen LogP contribution is -2.32. The molecule has 0 spiro atoms. The van der Waals surface area contributed by atoms with E-state index in [1.165, 1.54) is 14.2 Å². The van der Waals surface area contributed by atoms with Crippen molar-refractivity contribution in [3.8, 4) is 11.5 Å². The van der Waals surface area contributed by atoms with Crippen molar-refractivity contribution in [1.29, 1.82) is 0 Å². The van der Waals surface area contributed by atoms with Crippen LogP contribution in [0.5, 0.6) is 11.5 Å². The van der Waals surface area contributed by atoms with Gasteiger partial charge >= 0.3 is 0 Å². The van der Waals surface area contributed by atoms with Crippen LogP contribution in [0.2, 0.25) is 0 Å². The van der Waals surface area contributed by atoms with Gasteiger partial charge in [-0.15, -0.1) is 0 Å². The van der Waals surface area contributed by atoms with Gasteiger partial charge in [-0.25, -0.2) is 4.90 Å². The Bertz CT molecular complexity index is 968. The second kappa shape index (κ2) is 7.32. The van der Waals surface area contributed by atoms with Gasteiger partial charge in [0.1, 0.15) is 22.2 Å². The number of halogens is 1. The van der Waals surface area contributed by atoms with E-state index in [-0.39, 0.29) is 16.4 Å². The van der Waals surface area contributed by atoms with Crippen LogP contribution in [0, 0.1) is 13.8 Å². The van der Waals surface area contributed by atoms with Crippen LogP contribution >= 0.6 is 11.6 Å². The fraction of sp³-hybridized carbons (Fsp3) is 0.200. The van der Waals surface area contributed by atoms with Crippen molar-refractivity contribution in [3.05, 3.63) is 58.3 Å². The minimum Gasteiger partial charge on any atom is -0.497 e. The number of carbonyl (C=O) groups excluding carboxylic acids is 2. The molecule has 3 rings (SSSR count). The molecule has 0 saturated heterocycles. The molecule has 2 aromatic carbocycles. The molecule has 1 aliphatic heterocycles. The molecule has 0 aromatic heterocycles. The molecule has 6 nitrogen and oxygen atoms in total. The highest BCUT2D eigenvalue weighted by molar-refractivity contribution is 6.53. The second-order valence-electron chi connectivity index (χ2n) is 6.12. The highest BCUT2D eigenvalue weighted by Crippen LogP contribution is 2.38. The van der Waals surface area contributed by atoms with Crippen LogP contribution in [-0.4, -0.2) is 26.0 Å². The summed E-state index contributed by atoms with van der Waals surface area (Å²) in [6, 6.07) is 10.6. The molecule has 2 amide bonds. The highest BCUT2D eigenvalue weighted by atomic mass is 35.5. The van der Waals surface area contributed by atoms with Crippen LogP contribution < -0.4 is 19.7 Å². The molecule has 27 heavy (non-hydrogen) atoms. The number of carbonyl (C=O) groups is 2. The largest absolute Gasteiger partial charge is 0.497 e. The number of methoxy groups -OCH3 is 2. The van der Waals surface area contributed by atoms with E-state index >= 15 is 0 Å². The molecule has 0 unspecified atom stereocenters. The van der Waals surface area contributed by atoms with Gasteiger partial charge in [0.2, 0.25) is 0 Å². The molecular weight excluding hydrogens is 368 g/mol. The zero-order chi connectivity index (χ0) is 19.7. The van der Waals surface area contributed by atoms with Crippen LogP contribution in [0.4, 0.5) is 11.4 Å². The highest BCUT2D eigenvalue weighted by Gasteiger charge is 2.40. The predicted molar refractivity (Wildman–Crippen MR) is 104 cm³/mol. The lowest BCUT2D eigenvalue weighted by Gasteiger charge is -2.19. The number of hydrogen-bond donors (Lipinski definition) is 1. The van der Waals surface area contributed by atoms with Crippen molar-refractivity contribution in [1.82, 2.24) is 0 Å². The predicted octanol–water partition coefficient (Wildman–Crippen LogP) is 3.76. The second-order valence-corrected chi connectivity index (χ2v) is 6.49. The number of nitrogens with zero attached hydrogens (tertiary/aromatic N) is 1. The normalized spacial score (nSPS) is 14.0. The molecule has 2 aromatic rings. The van der Waals surface area contributed by atoms with Crippen LogP contribution in [0.25, 0.3) is 0 Å². The van der Waals surface area contributed by atoms with E-state index in [2.05, 4.69) is 5.32 Å². The summed E-state index contributed by atoms with van der Waals surface area (Å²) in [7, 11) is 2.96. The number of imide groups is 1. The van der Waals surface area contributed by atoms with Crippen LogP contribution in [0.1, 0.15) is 11.1 Å². The summed E-state index contributed by atoms with van der Waals surface area (Å²) in [5.74, 6) is -0.343. The molecule has 0 saturated carbocycles. The number of ether oxygens (including phenoxy) is 2. The summed E-state index contributed by atoms with van der Waals surface area (Å²) >= 11 is 6.20. The van der Waals surface area contributed by atoms with Crippen molar-refractivity contribution in [2.45, 2.75) is 13.8 Å². The Morgan fingerprint density at radius 3 is 2.33 bits per heavy atom. The van der Waals surface area contributed by atoms with Gasteiger partial charge in [-0.1, -0.05) is 29.3 Å². The molecular formula is C20H19ClN2O4. The van der Waals surface area contributed by atoms with E-state index in [4.69, 9.17) is 21.1 Å². The molecule has 1 N–H and O–H groups in total. The Morgan fingerprint density at radius 1 is 0.963 bits per heavy atom. The van der Waals surface area contributed by atoms with Crippen molar-refractivity contribution in [3.63, 3.8) is 0 Å². The van der Waals surface area contributed by atoms with E-state index in [1.54, 1.807) is 18.2 Å². The zero-order valence-electron chi connectivity index (χ0n) is 15.4. The van der Waals surface area contributed by atoms with Gasteiger partial charge in [-0.3, -0.25) is 9.59 Å². The minimum absolute atomic E-state index is 0.0264. The van der Waals surface area contributed by atoms with Crippen molar-refractivity contribution < 1.29 is 19.1 Å². The molecule has 1 heterocycles. The maximum atomic E-state index is 13.0. The molecule has 0 aliphatic carbocycles. The Balaban J connectivity index is 1.99. The fourth-order valence-corrected chi connectivity index (χ4v) is 3.10. The number of benzene rings is 2. The monoisotopic (exact) mass is 386 g/mol. The van der Waals surface area contributed by atoms with E-state index < -0.39 is 11.8 Å². The van der Waals surface area contributed by atoms with Gasteiger partial charge in [0, 0.05) is 11.8 Å². The molecule has 0 fully saturated rings. The summed E-state index contributed by atoms with van der Waals surface area (Å²) in [6.45, 7) is 3.89. The number of amides is 2. The molecule has 7 heteroatoms. The van der Waals surface area contributed by atoms with Gasteiger partial charge in [0.15, 0.2) is 0 Å². The third-order valence-corrected chi connectivity index (χ3v) is 4.65. The van der Waals surface area contributed by atoms with Crippen molar-refractivity contribution in [2.24, 2.45) is 0 Å². The first-order valence-corrected chi connectivity index (χ1v) is 8.60. The molecule has 0 radical (unpaired) electrons. The molecule has 1 aliphatic rings. The number of aryl methyl sites for hydroxylation is 2. The topological polar surface area (TPSA) is 67.9 Å².